The molecule has 0 aliphatic heterocycles. The van der Waals surface area contributed by atoms with E-state index in [1.807, 2.05) is 6.92 Å². The minimum atomic E-state index is -0.0536. The first-order valence-electron chi connectivity index (χ1n) is 7.17. The number of hydrogen-bond acceptors (Lipinski definition) is 2. The van der Waals surface area contributed by atoms with Gasteiger partial charge in [-0.15, -0.1) is 0 Å². The molecule has 0 saturated heterocycles. The van der Waals surface area contributed by atoms with Crippen LogP contribution in [-0.4, -0.2) is 24.5 Å². The molecule has 3 unspecified atom stereocenters. The Morgan fingerprint density at radius 1 is 1.41 bits per heavy atom. The topological polar surface area (TPSA) is 41.1 Å². The first-order chi connectivity index (χ1) is 8.13. The number of unbranched alkanes of at least 4 members (excludes halogenated alkanes) is 1. The van der Waals surface area contributed by atoms with Gasteiger partial charge in [-0.25, -0.2) is 0 Å². The van der Waals surface area contributed by atoms with Crippen LogP contribution in [0.15, 0.2) is 0 Å². The van der Waals surface area contributed by atoms with E-state index < -0.39 is 0 Å². The lowest BCUT2D eigenvalue weighted by Gasteiger charge is -2.29. The van der Waals surface area contributed by atoms with Crippen LogP contribution in [0.3, 0.4) is 0 Å². The second-order valence-corrected chi connectivity index (χ2v) is 5.50. The second-order valence-electron chi connectivity index (χ2n) is 5.50. The van der Waals surface area contributed by atoms with Crippen molar-refractivity contribution in [2.45, 2.75) is 71.4 Å². The molecule has 0 aromatic carbocycles. The third-order valence-corrected chi connectivity index (χ3v) is 3.64. The fourth-order valence-electron chi connectivity index (χ4n) is 2.56. The van der Waals surface area contributed by atoms with Crippen molar-refractivity contribution in [1.29, 1.82) is 0 Å². The zero-order valence-electron chi connectivity index (χ0n) is 11.6. The van der Waals surface area contributed by atoms with Crippen LogP contribution < -0.4 is 10.6 Å². The molecule has 100 valence electrons. The zero-order valence-corrected chi connectivity index (χ0v) is 11.6. The van der Waals surface area contributed by atoms with Crippen LogP contribution in [0.1, 0.15) is 59.3 Å². The Balaban J connectivity index is 2.22. The normalized spacial score (nSPS) is 26.5. The Kier molecular flexibility index (Phi) is 6.56. The Morgan fingerprint density at radius 3 is 2.82 bits per heavy atom. The highest BCUT2D eigenvalue weighted by molar-refractivity contribution is 5.81. The van der Waals surface area contributed by atoms with Crippen LogP contribution in [0, 0.1) is 5.92 Å². The summed E-state index contributed by atoms with van der Waals surface area (Å²) in [5, 5.41) is 6.45. The number of nitrogens with one attached hydrogen (secondary N) is 2. The van der Waals surface area contributed by atoms with Gasteiger partial charge in [0.2, 0.25) is 5.91 Å². The maximum atomic E-state index is 11.8. The predicted molar refractivity (Wildman–Crippen MR) is 71.9 cm³/mol. The smallest absolute Gasteiger partial charge is 0.236 e. The molecule has 0 aromatic rings. The van der Waals surface area contributed by atoms with Gasteiger partial charge in [0.25, 0.3) is 0 Å². The largest absolute Gasteiger partial charge is 0.355 e. The van der Waals surface area contributed by atoms with Crippen LogP contribution in [-0.2, 0) is 4.79 Å². The highest BCUT2D eigenvalue weighted by Crippen LogP contribution is 2.23. The van der Waals surface area contributed by atoms with Gasteiger partial charge >= 0.3 is 0 Å². The Morgan fingerprint density at radius 2 is 2.18 bits per heavy atom. The lowest BCUT2D eigenvalue weighted by Crippen LogP contribution is -2.48. The van der Waals surface area contributed by atoms with Gasteiger partial charge < -0.3 is 10.6 Å². The predicted octanol–water partition coefficient (Wildman–Crippen LogP) is 2.46. The van der Waals surface area contributed by atoms with Gasteiger partial charge in [-0.1, -0.05) is 33.1 Å². The number of hydrogen-bond donors (Lipinski definition) is 2. The molecule has 0 bridgehead atoms. The molecule has 0 heterocycles. The Hall–Kier alpha value is -0.570. The van der Waals surface area contributed by atoms with Crippen molar-refractivity contribution in [3.05, 3.63) is 0 Å². The van der Waals surface area contributed by atoms with E-state index in [2.05, 4.69) is 24.5 Å². The maximum absolute atomic E-state index is 11.8. The van der Waals surface area contributed by atoms with Crippen LogP contribution in [0.25, 0.3) is 0 Å². The van der Waals surface area contributed by atoms with Crippen LogP contribution in [0.4, 0.5) is 0 Å². The molecule has 1 fully saturated rings. The molecule has 3 nitrogen and oxygen atoms in total. The average molecular weight is 240 g/mol. The summed E-state index contributed by atoms with van der Waals surface area (Å²) in [6.45, 7) is 7.22. The van der Waals surface area contributed by atoms with Crippen LogP contribution in [0.5, 0.6) is 0 Å². The zero-order chi connectivity index (χ0) is 12.7. The fourth-order valence-corrected chi connectivity index (χ4v) is 2.56. The molecule has 0 radical (unpaired) electrons. The number of amides is 1. The molecule has 3 atom stereocenters. The molecular formula is C14H28N2O. The van der Waals surface area contributed by atoms with Crippen molar-refractivity contribution in [2.75, 3.05) is 6.54 Å². The lowest BCUT2D eigenvalue weighted by atomic mass is 9.87. The molecular weight excluding hydrogens is 212 g/mol. The van der Waals surface area contributed by atoms with Crippen LogP contribution in [0.2, 0.25) is 0 Å². The lowest BCUT2D eigenvalue weighted by molar-refractivity contribution is -0.123. The summed E-state index contributed by atoms with van der Waals surface area (Å²) < 4.78 is 0. The van der Waals surface area contributed by atoms with Crippen molar-refractivity contribution in [1.82, 2.24) is 10.6 Å². The first kappa shape index (κ1) is 14.5. The van der Waals surface area contributed by atoms with Gasteiger partial charge in [0.1, 0.15) is 0 Å². The maximum Gasteiger partial charge on any atom is 0.236 e. The SMILES string of the molecule is CCCCNC(=O)C(C)NC1CCCC(C)C1. The highest BCUT2D eigenvalue weighted by atomic mass is 16.2. The van der Waals surface area contributed by atoms with E-state index in [-0.39, 0.29) is 11.9 Å². The van der Waals surface area contributed by atoms with Gasteiger partial charge in [-0.05, 0) is 32.1 Å². The van der Waals surface area contributed by atoms with Crippen molar-refractivity contribution in [3.63, 3.8) is 0 Å². The molecule has 1 aliphatic carbocycles. The van der Waals surface area contributed by atoms with E-state index in [4.69, 9.17) is 0 Å². The summed E-state index contributed by atoms with van der Waals surface area (Å²) in [5.41, 5.74) is 0. The summed E-state index contributed by atoms with van der Waals surface area (Å²) in [4.78, 5) is 11.8. The van der Waals surface area contributed by atoms with E-state index in [0.29, 0.717) is 6.04 Å². The average Bonchev–Trinajstić information content (AvgIpc) is 2.29. The summed E-state index contributed by atoms with van der Waals surface area (Å²) in [6, 6.07) is 0.479. The molecule has 1 rings (SSSR count). The highest BCUT2D eigenvalue weighted by Gasteiger charge is 2.22. The molecule has 1 saturated carbocycles. The third kappa shape index (κ3) is 5.53. The van der Waals surface area contributed by atoms with Gasteiger partial charge in [0.05, 0.1) is 6.04 Å². The summed E-state index contributed by atoms with van der Waals surface area (Å²) >= 11 is 0. The van der Waals surface area contributed by atoms with E-state index in [1.54, 1.807) is 0 Å². The van der Waals surface area contributed by atoms with E-state index in [9.17, 15) is 4.79 Å². The van der Waals surface area contributed by atoms with Gasteiger partial charge in [0, 0.05) is 12.6 Å². The van der Waals surface area contributed by atoms with Gasteiger partial charge in [0.15, 0.2) is 0 Å². The van der Waals surface area contributed by atoms with Gasteiger partial charge in [-0.3, -0.25) is 4.79 Å². The molecule has 1 aliphatic rings. The molecule has 17 heavy (non-hydrogen) atoms. The van der Waals surface area contributed by atoms with E-state index in [1.165, 1.54) is 25.7 Å². The summed E-state index contributed by atoms with van der Waals surface area (Å²) in [6.07, 6.45) is 7.27. The second kappa shape index (κ2) is 7.70. The quantitative estimate of drug-likeness (QED) is 0.700. The molecule has 1 amide bonds. The van der Waals surface area contributed by atoms with Crippen molar-refractivity contribution in [3.8, 4) is 0 Å². The summed E-state index contributed by atoms with van der Waals surface area (Å²) in [7, 11) is 0. The van der Waals surface area contributed by atoms with Crippen LogP contribution >= 0.6 is 0 Å². The van der Waals surface area contributed by atoms with Crippen molar-refractivity contribution >= 4 is 5.91 Å². The number of carbonyl (C=O) groups is 1. The minimum Gasteiger partial charge on any atom is -0.355 e. The van der Waals surface area contributed by atoms with E-state index in [0.717, 1.165) is 25.3 Å². The Bertz CT molecular complexity index is 230. The standard InChI is InChI=1S/C14H28N2O/c1-4-5-9-15-14(17)12(3)16-13-8-6-7-11(2)10-13/h11-13,16H,4-10H2,1-3H3,(H,15,17). The summed E-state index contributed by atoms with van der Waals surface area (Å²) in [5.74, 6) is 0.952. The van der Waals surface area contributed by atoms with Crippen molar-refractivity contribution in [2.24, 2.45) is 5.92 Å². The molecule has 0 spiro atoms. The van der Waals surface area contributed by atoms with Gasteiger partial charge in [-0.2, -0.15) is 0 Å². The third-order valence-electron chi connectivity index (χ3n) is 3.64. The fraction of sp³-hybridized carbons (Fsp3) is 0.929. The molecule has 3 heteroatoms. The number of carbonyl (C=O) groups excluding carboxylic acids is 1. The molecule has 0 aromatic heterocycles. The monoisotopic (exact) mass is 240 g/mol. The number of rotatable bonds is 6. The molecule has 2 N–H and O–H groups in total. The Labute approximate surface area is 106 Å². The van der Waals surface area contributed by atoms with Crippen molar-refractivity contribution < 1.29 is 4.79 Å². The van der Waals surface area contributed by atoms with E-state index >= 15 is 0 Å². The minimum absolute atomic E-state index is 0.0536. The first-order valence-corrected chi connectivity index (χ1v) is 7.17.